The molecule has 0 unspecified atom stereocenters. The Balaban J connectivity index is 2.21. The average molecular weight is 190 g/mol. The highest BCUT2D eigenvalue weighted by atomic mass is 16.2. The van der Waals surface area contributed by atoms with Gasteiger partial charge in [-0.25, -0.2) is 0 Å². The van der Waals surface area contributed by atoms with Crippen LogP contribution in [0.15, 0.2) is 24.3 Å². The molecule has 3 heteroatoms. The van der Waals surface area contributed by atoms with Crippen LogP contribution in [0.5, 0.6) is 0 Å². The number of anilines is 1. The lowest BCUT2D eigenvalue weighted by Gasteiger charge is -2.16. The van der Waals surface area contributed by atoms with E-state index >= 15 is 0 Å². The Morgan fingerprint density at radius 1 is 1.43 bits per heavy atom. The van der Waals surface area contributed by atoms with Crippen LogP contribution < -0.4 is 10.2 Å². The first-order valence-corrected chi connectivity index (χ1v) is 4.86. The Morgan fingerprint density at radius 2 is 2.21 bits per heavy atom. The quantitative estimate of drug-likeness (QED) is 0.764. The molecule has 1 heterocycles. The van der Waals surface area contributed by atoms with Crippen molar-refractivity contribution in [2.24, 2.45) is 0 Å². The molecule has 0 aromatic heterocycles. The van der Waals surface area contributed by atoms with E-state index in [1.165, 1.54) is 0 Å². The minimum Gasteiger partial charge on any atom is -0.318 e. The fraction of sp³-hybridized carbons (Fsp3) is 0.364. The van der Waals surface area contributed by atoms with Gasteiger partial charge in [-0.05, 0) is 18.7 Å². The summed E-state index contributed by atoms with van der Waals surface area (Å²) < 4.78 is 0. The number of hydrogen-bond acceptors (Lipinski definition) is 2. The van der Waals surface area contributed by atoms with Crippen LogP contribution in [-0.2, 0) is 11.2 Å². The number of benzene rings is 1. The molecule has 3 nitrogen and oxygen atoms in total. The highest BCUT2D eigenvalue weighted by Crippen LogP contribution is 2.27. The monoisotopic (exact) mass is 190 g/mol. The van der Waals surface area contributed by atoms with Gasteiger partial charge >= 0.3 is 0 Å². The summed E-state index contributed by atoms with van der Waals surface area (Å²) in [5.41, 5.74) is 2.22. The molecule has 14 heavy (non-hydrogen) atoms. The van der Waals surface area contributed by atoms with Crippen molar-refractivity contribution in [3.05, 3.63) is 29.8 Å². The summed E-state index contributed by atoms with van der Waals surface area (Å²) in [5, 5.41) is 3.05. The average Bonchev–Trinajstić information content (AvgIpc) is 2.51. The third kappa shape index (κ3) is 1.51. The van der Waals surface area contributed by atoms with E-state index in [4.69, 9.17) is 0 Å². The summed E-state index contributed by atoms with van der Waals surface area (Å²) in [7, 11) is 1.90. The third-order valence-corrected chi connectivity index (χ3v) is 2.51. The van der Waals surface area contributed by atoms with E-state index in [0.717, 1.165) is 24.3 Å². The number of carbonyl (C=O) groups is 1. The van der Waals surface area contributed by atoms with Crippen molar-refractivity contribution in [1.29, 1.82) is 0 Å². The van der Waals surface area contributed by atoms with Crippen LogP contribution in [0.3, 0.4) is 0 Å². The molecule has 0 aliphatic carbocycles. The molecule has 1 aromatic rings. The lowest BCUT2D eigenvalue weighted by Crippen LogP contribution is -2.33. The smallest absolute Gasteiger partial charge is 0.231 e. The second kappa shape index (κ2) is 3.80. The van der Waals surface area contributed by atoms with E-state index in [-0.39, 0.29) is 5.91 Å². The van der Waals surface area contributed by atoms with E-state index < -0.39 is 0 Å². The van der Waals surface area contributed by atoms with Gasteiger partial charge in [-0.2, -0.15) is 0 Å². The number of fused-ring (bicyclic) bond motifs is 1. The molecule has 0 bridgehead atoms. The number of likely N-dealkylation sites (N-methyl/N-ethyl adjacent to an activating group) is 1. The van der Waals surface area contributed by atoms with Crippen LogP contribution in [0.25, 0.3) is 0 Å². The molecule has 0 spiro atoms. The van der Waals surface area contributed by atoms with Crippen molar-refractivity contribution in [2.75, 3.05) is 25.0 Å². The Hall–Kier alpha value is -1.35. The van der Waals surface area contributed by atoms with Gasteiger partial charge in [-0.1, -0.05) is 18.2 Å². The van der Waals surface area contributed by atoms with Crippen LogP contribution in [-0.4, -0.2) is 26.0 Å². The highest BCUT2D eigenvalue weighted by Gasteiger charge is 2.25. The van der Waals surface area contributed by atoms with Crippen LogP contribution in [0.2, 0.25) is 0 Å². The second-order valence-electron chi connectivity index (χ2n) is 3.45. The van der Waals surface area contributed by atoms with Gasteiger partial charge in [0, 0.05) is 18.8 Å². The largest absolute Gasteiger partial charge is 0.318 e. The summed E-state index contributed by atoms with van der Waals surface area (Å²) in [6.07, 6.45) is 0.555. The lowest BCUT2D eigenvalue weighted by molar-refractivity contribution is -0.117. The Morgan fingerprint density at radius 3 is 3.00 bits per heavy atom. The zero-order chi connectivity index (χ0) is 9.97. The fourth-order valence-corrected chi connectivity index (χ4v) is 1.79. The van der Waals surface area contributed by atoms with Gasteiger partial charge in [0.2, 0.25) is 5.91 Å². The summed E-state index contributed by atoms with van der Waals surface area (Å²) >= 11 is 0. The molecular formula is C11H14N2O. The molecule has 1 aliphatic rings. The number of para-hydroxylation sites is 1. The maximum atomic E-state index is 11.6. The standard InChI is InChI=1S/C11H14N2O/c1-12-6-7-13-10-5-3-2-4-9(10)8-11(13)14/h2-5,12H,6-8H2,1H3. The zero-order valence-corrected chi connectivity index (χ0v) is 8.29. The van der Waals surface area contributed by atoms with Gasteiger partial charge in [-0.15, -0.1) is 0 Å². The summed E-state index contributed by atoms with van der Waals surface area (Å²) in [6.45, 7) is 1.59. The predicted octanol–water partition coefficient (Wildman–Crippen LogP) is 0.795. The number of rotatable bonds is 3. The number of nitrogens with zero attached hydrogens (tertiary/aromatic N) is 1. The molecule has 0 atom stereocenters. The fourth-order valence-electron chi connectivity index (χ4n) is 1.79. The van der Waals surface area contributed by atoms with Crippen LogP contribution in [0.1, 0.15) is 5.56 Å². The van der Waals surface area contributed by atoms with E-state index in [2.05, 4.69) is 5.32 Å². The van der Waals surface area contributed by atoms with Crippen molar-refractivity contribution in [2.45, 2.75) is 6.42 Å². The molecule has 0 radical (unpaired) electrons. The van der Waals surface area contributed by atoms with Crippen molar-refractivity contribution in [1.82, 2.24) is 5.32 Å². The van der Waals surface area contributed by atoms with Crippen LogP contribution in [0.4, 0.5) is 5.69 Å². The maximum Gasteiger partial charge on any atom is 0.231 e. The Bertz CT molecular complexity index is 349. The van der Waals surface area contributed by atoms with Gasteiger partial charge in [0.1, 0.15) is 0 Å². The first kappa shape index (κ1) is 9.21. The zero-order valence-electron chi connectivity index (χ0n) is 8.29. The first-order valence-electron chi connectivity index (χ1n) is 4.86. The van der Waals surface area contributed by atoms with E-state index in [1.807, 2.05) is 36.2 Å². The number of nitrogens with one attached hydrogen (secondary N) is 1. The molecule has 0 fully saturated rings. The molecule has 0 saturated heterocycles. The van der Waals surface area contributed by atoms with Crippen LogP contribution in [0, 0.1) is 0 Å². The van der Waals surface area contributed by atoms with Gasteiger partial charge in [0.05, 0.1) is 6.42 Å². The van der Waals surface area contributed by atoms with Crippen molar-refractivity contribution < 1.29 is 4.79 Å². The molecule has 2 rings (SSSR count). The molecule has 74 valence electrons. The van der Waals surface area contributed by atoms with Gasteiger partial charge in [0.25, 0.3) is 0 Å². The summed E-state index contributed by atoms with van der Waals surface area (Å²) in [6, 6.07) is 7.99. The lowest BCUT2D eigenvalue weighted by atomic mass is 10.2. The molecular weight excluding hydrogens is 176 g/mol. The van der Waals surface area contributed by atoms with Crippen molar-refractivity contribution in [3.8, 4) is 0 Å². The maximum absolute atomic E-state index is 11.6. The van der Waals surface area contributed by atoms with E-state index in [9.17, 15) is 4.79 Å². The van der Waals surface area contributed by atoms with E-state index in [0.29, 0.717) is 6.42 Å². The van der Waals surface area contributed by atoms with E-state index in [1.54, 1.807) is 0 Å². The van der Waals surface area contributed by atoms with Crippen LogP contribution >= 0.6 is 0 Å². The number of amides is 1. The molecule has 0 saturated carbocycles. The predicted molar refractivity (Wildman–Crippen MR) is 56.4 cm³/mol. The second-order valence-corrected chi connectivity index (χ2v) is 3.45. The van der Waals surface area contributed by atoms with Gasteiger partial charge < -0.3 is 10.2 Å². The van der Waals surface area contributed by atoms with Crippen molar-refractivity contribution in [3.63, 3.8) is 0 Å². The molecule has 1 aromatic carbocycles. The SMILES string of the molecule is CNCCN1C(=O)Cc2ccccc21. The normalized spacial score (nSPS) is 14.6. The minimum absolute atomic E-state index is 0.210. The topological polar surface area (TPSA) is 32.3 Å². The summed E-state index contributed by atoms with van der Waals surface area (Å²) in [5.74, 6) is 0.210. The van der Waals surface area contributed by atoms with Gasteiger partial charge in [-0.3, -0.25) is 4.79 Å². The Kier molecular flexibility index (Phi) is 2.50. The third-order valence-electron chi connectivity index (χ3n) is 2.51. The molecule has 1 N–H and O–H groups in total. The molecule has 1 aliphatic heterocycles. The summed E-state index contributed by atoms with van der Waals surface area (Å²) in [4.78, 5) is 13.5. The number of carbonyl (C=O) groups excluding carboxylic acids is 1. The first-order chi connectivity index (χ1) is 6.83. The minimum atomic E-state index is 0.210. The number of hydrogen-bond donors (Lipinski definition) is 1. The Labute approximate surface area is 83.7 Å². The van der Waals surface area contributed by atoms with Crippen molar-refractivity contribution >= 4 is 11.6 Å². The molecule has 1 amide bonds. The van der Waals surface area contributed by atoms with Gasteiger partial charge in [0.15, 0.2) is 0 Å². The highest BCUT2D eigenvalue weighted by molar-refractivity contribution is 6.01.